The standard InChI is InChI=1S/C8H16N2O2/c1-6(5-12-2)10-7-3-8(11)9-4-7/h6-7,10H,3-5H2,1-2H3,(H,9,11). The van der Waals surface area contributed by atoms with Gasteiger partial charge in [-0.2, -0.15) is 0 Å². The molecule has 0 aromatic carbocycles. The first kappa shape index (κ1) is 9.48. The fourth-order valence-corrected chi connectivity index (χ4v) is 1.42. The Morgan fingerprint density at radius 1 is 1.83 bits per heavy atom. The molecule has 1 amide bonds. The number of hydrogen-bond acceptors (Lipinski definition) is 3. The molecule has 12 heavy (non-hydrogen) atoms. The maximum absolute atomic E-state index is 10.8. The fourth-order valence-electron chi connectivity index (χ4n) is 1.42. The zero-order chi connectivity index (χ0) is 8.97. The third-order valence-electron chi connectivity index (χ3n) is 1.91. The van der Waals surface area contributed by atoms with Crippen molar-refractivity contribution in [3.8, 4) is 0 Å². The van der Waals surface area contributed by atoms with Crippen molar-refractivity contribution >= 4 is 5.91 Å². The number of nitrogens with one attached hydrogen (secondary N) is 2. The molecule has 0 aromatic heterocycles. The van der Waals surface area contributed by atoms with Gasteiger partial charge in [0.25, 0.3) is 0 Å². The van der Waals surface area contributed by atoms with E-state index in [0.717, 1.165) is 6.54 Å². The summed E-state index contributed by atoms with van der Waals surface area (Å²) in [5.74, 6) is 0.136. The topological polar surface area (TPSA) is 50.4 Å². The number of hydrogen-bond donors (Lipinski definition) is 2. The fraction of sp³-hybridized carbons (Fsp3) is 0.875. The minimum absolute atomic E-state index is 0.136. The Balaban J connectivity index is 2.18. The molecule has 0 bridgehead atoms. The van der Waals surface area contributed by atoms with Crippen molar-refractivity contribution in [2.75, 3.05) is 20.3 Å². The van der Waals surface area contributed by atoms with E-state index in [1.807, 2.05) is 6.92 Å². The van der Waals surface area contributed by atoms with Gasteiger partial charge in [-0.15, -0.1) is 0 Å². The van der Waals surface area contributed by atoms with E-state index in [1.165, 1.54) is 0 Å². The number of methoxy groups -OCH3 is 1. The second kappa shape index (κ2) is 4.42. The molecule has 70 valence electrons. The molecule has 0 radical (unpaired) electrons. The highest BCUT2D eigenvalue weighted by atomic mass is 16.5. The van der Waals surface area contributed by atoms with Crippen LogP contribution in [-0.4, -0.2) is 38.3 Å². The predicted octanol–water partition coefficient (Wildman–Crippen LogP) is -0.501. The first-order valence-electron chi connectivity index (χ1n) is 4.24. The van der Waals surface area contributed by atoms with Crippen molar-refractivity contribution in [2.45, 2.75) is 25.4 Å². The first-order valence-corrected chi connectivity index (χ1v) is 4.24. The number of carbonyl (C=O) groups excluding carboxylic acids is 1. The second-order valence-electron chi connectivity index (χ2n) is 3.23. The SMILES string of the molecule is COCC(C)NC1CNC(=O)C1. The van der Waals surface area contributed by atoms with Gasteiger partial charge in [-0.25, -0.2) is 0 Å². The highest BCUT2D eigenvalue weighted by Crippen LogP contribution is 2.00. The van der Waals surface area contributed by atoms with Gasteiger partial charge in [-0.3, -0.25) is 4.79 Å². The zero-order valence-corrected chi connectivity index (χ0v) is 7.59. The van der Waals surface area contributed by atoms with Crippen LogP contribution in [0.5, 0.6) is 0 Å². The monoisotopic (exact) mass is 172 g/mol. The number of amides is 1. The number of rotatable bonds is 4. The molecule has 1 aliphatic heterocycles. The summed E-state index contributed by atoms with van der Waals surface area (Å²) in [5.41, 5.74) is 0. The van der Waals surface area contributed by atoms with Gasteiger partial charge >= 0.3 is 0 Å². The molecule has 0 aliphatic carbocycles. The summed E-state index contributed by atoms with van der Waals surface area (Å²) < 4.78 is 4.97. The largest absolute Gasteiger partial charge is 0.383 e. The normalized spacial score (nSPS) is 25.5. The van der Waals surface area contributed by atoms with Crippen LogP contribution in [0.15, 0.2) is 0 Å². The molecule has 0 saturated carbocycles. The van der Waals surface area contributed by atoms with Crippen molar-refractivity contribution in [3.05, 3.63) is 0 Å². The molecular weight excluding hydrogens is 156 g/mol. The van der Waals surface area contributed by atoms with Crippen molar-refractivity contribution in [1.82, 2.24) is 10.6 Å². The van der Waals surface area contributed by atoms with E-state index in [-0.39, 0.29) is 11.9 Å². The van der Waals surface area contributed by atoms with Crippen LogP contribution in [0.3, 0.4) is 0 Å². The molecule has 2 N–H and O–H groups in total. The molecule has 1 aliphatic rings. The van der Waals surface area contributed by atoms with Crippen LogP contribution >= 0.6 is 0 Å². The Kier molecular flexibility index (Phi) is 3.49. The van der Waals surface area contributed by atoms with Crippen molar-refractivity contribution < 1.29 is 9.53 Å². The van der Waals surface area contributed by atoms with E-state index in [0.29, 0.717) is 19.1 Å². The van der Waals surface area contributed by atoms with Crippen LogP contribution in [0.2, 0.25) is 0 Å². The van der Waals surface area contributed by atoms with E-state index in [2.05, 4.69) is 10.6 Å². The lowest BCUT2D eigenvalue weighted by Crippen LogP contribution is -2.40. The maximum atomic E-state index is 10.8. The summed E-state index contributed by atoms with van der Waals surface area (Å²) in [6.45, 7) is 3.48. The lowest BCUT2D eigenvalue weighted by atomic mass is 10.2. The third kappa shape index (κ3) is 2.79. The zero-order valence-electron chi connectivity index (χ0n) is 7.59. The molecule has 1 fully saturated rings. The molecule has 1 saturated heterocycles. The minimum Gasteiger partial charge on any atom is -0.383 e. The van der Waals surface area contributed by atoms with E-state index in [9.17, 15) is 4.79 Å². The van der Waals surface area contributed by atoms with Gasteiger partial charge in [0.2, 0.25) is 5.91 Å². The minimum atomic E-state index is 0.136. The lowest BCUT2D eigenvalue weighted by Gasteiger charge is -2.16. The van der Waals surface area contributed by atoms with Gasteiger partial charge in [-0.1, -0.05) is 0 Å². The average molecular weight is 172 g/mol. The molecule has 0 aromatic rings. The summed E-state index contributed by atoms with van der Waals surface area (Å²) >= 11 is 0. The Hall–Kier alpha value is -0.610. The molecule has 4 nitrogen and oxygen atoms in total. The van der Waals surface area contributed by atoms with E-state index >= 15 is 0 Å². The number of carbonyl (C=O) groups is 1. The van der Waals surface area contributed by atoms with E-state index in [4.69, 9.17) is 4.74 Å². The van der Waals surface area contributed by atoms with Crippen LogP contribution in [0.4, 0.5) is 0 Å². The molecule has 4 heteroatoms. The van der Waals surface area contributed by atoms with Crippen LogP contribution in [0.25, 0.3) is 0 Å². The Morgan fingerprint density at radius 3 is 3.08 bits per heavy atom. The summed E-state index contributed by atoms with van der Waals surface area (Å²) in [6.07, 6.45) is 0.591. The van der Waals surface area contributed by atoms with Crippen molar-refractivity contribution in [2.24, 2.45) is 0 Å². The quantitative estimate of drug-likeness (QED) is 0.601. The molecule has 1 heterocycles. The predicted molar refractivity (Wildman–Crippen MR) is 45.9 cm³/mol. The maximum Gasteiger partial charge on any atom is 0.221 e. The van der Waals surface area contributed by atoms with E-state index < -0.39 is 0 Å². The molecule has 0 spiro atoms. The number of ether oxygens (including phenoxy) is 1. The van der Waals surface area contributed by atoms with Gasteiger partial charge in [0.1, 0.15) is 0 Å². The van der Waals surface area contributed by atoms with Gasteiger partial charge in [0.05, 0.1) is 6.61 Å². The molecule has 2 atom stereocenters. The first-order chi connectivity index (χ1) is 5.72. The van der Waals surface area contributed by atoms with Gasteiger partial charge < -0.3 is 15.4 Å². The van der Waals surface area contributed by atoms with Crippen LogP contribution in [0, 0.1) is 0 Å². The molecule has 2 unspecified atom stereocenters. The molecule has 1 rings (SSSR count). The summed E-state index contributed by atoms with van der Waals surface area (Å²) in [6, 6.07) is 0.593. The smallest absolute Gasteiger partial charge is 0.221 e. The molecular formula is C8H16N2O2. The van der Waals surface area contributed by atoms with E-state index in [1.54, 1.807) is 7.11 Å². The third-order valence-corrected chi connectivity index (χ3v) is 1.91. The van der Waals surface area contributed by atoms with Gasteiger partial charge in [-0.05, 0) is 6.92 Å². The van der Waals surface area contributed by atoms with Crippen molar-refractivity contribution in [3.63, 3.8) is 0 Å². The highest BCUT2D eigenvalue weighted by molar-refractivity contribution is 5.78. The van der Waals surface area contributed by atoms with Gasteiger partial charge in [0, 0.05) is 32.2 Å². The Morgan fingerprint density at radius 2 is 2.58 bits per heavy atom. The average Bonchev–Trinajstić information content (AvgIpc) is 2.36. The highest BCUT2D eigenvalue weighted by Gasteiger charge is 2.21. The Bertz CT molecular complexity index is 161. The summed E-state index contributed by atoms with van der Waals surface area (Å²) in [5, 5.41) is 6.08. The lowest BCUT2D eigenvalue weighted by molar-refractivity contribution is -0.119. The Labute approximate surface area is 72.7 Å². The van der Waals surface area contributed by atoms with Crippen LogP contribution < -0.4 is 10.6 Å². The van der Waals surface area contributed by atoms with Gasteiger partial charge in [0.15, 0.2) is 0 Å². The van der Waals surface area contributed by atoms with Crippen LogP contribution in [0.1, 0.15) is 13.3 Å². The van der Waals surface area contributed by atoms with Crippen LogP contribution in [-0.2, 0) is 9.53 Å². The summed E-state index contributed by atoms with van der Waals surface area (Å²) in [7, 11) is 1.68. The second-order valence-corrected chi connectivity index (χ2v) is 3.23. The van der Waals surface area contributed by atoms with Crippen molar-refractivity contribution in [1.29, 1.82) is 0 Å². The summed E-state index contributed by atoms with van der Waals surface area (Å²) in [4.78, 5) is 10.8.